The zero-order chi connectivity index (χ0) is 43.1. The Balaban J connectivity index is 1.81. The molecule has 0 aromatic rings. The first-order valence-electron chi connectivity index (χ1n) is 21.4. The van der Waals surface area contributed by atoms with Gasteiger partial charge in [0.15, 0.2) is 0 Å². The summed E-state index contributed by atoms with van der Waals surface area (Å²) in [6.45, 7) is 15.0. The maximum absolute atomic E-state index is 14.5. The smallest absolute Gasteiger partial charge is 0.329 e. The lowest BCUT2D eigenvalue weighted by Gasteiger charge is -2.47. The average molecular weight is 818 g/mol. The number of piperidine rings is 1. The summed E-state index contributed by atoms with van der Waals surface area (Å²) in [4.78, 5) is 58.5. The van der Waals surface area contributed by atoms with E-state index in [9.17, 15) is 34.5 Å². The van der Waals surface area contributed by atoms with Crippen molar-refractivity contribution in [2.45, 2.75) is 173 Å². The standard InChI is InChI=1S/C45H71NO12/c1-11-31-19-25(3)18-26(4)20-38(55-9)41-39(56-10)22-28(6)45(53,58-41)42(50)43(51)46-32(12-2)14-13-15-33(46)44(52)57-40(29(7)35(48)24-36(31)49)27(5)21-30-16-17-34(47)37(23-30)54-8/h12,19,21,26,28-35,37-41,47-48,53H,2,11,13-18,20,22-24H2,1,3-10H3/b25-19+,27-21+/t26-,28+,29+,30-,31+,32?,33-,34+,35-,37+,38?,39-,40+,41+,45+/m0/s1. The van der Waals surface area contributed by atoms with E-state index in [2.05, 4.69) is 6.58 Å². The average Bonchev–Trinajstić information content (AvgIpc) is 3.20. The summed E-state index contributed by atoms with van der Waals surface area (Å²) >= 11 is 0. The van der Waals surface area contributed by atoms with Gasteiger partial charge >= 0.3 is 5.97 Å². The number of nitrogens with zero attached hydrogens (tertiary/aromatic N) is 1. The van der Waals surface area contributed by atoms with Crippen LogP contribution in [0.4, 0.5) is 0 Å². The number of aliphatic hydroxyl groups excluding tert-OH is 2. The molecule has 2 unspecified atom stereocenters. The van der Waals surface area contributed by atoms with Crippen molar-refractivity contribution >= 4 is 23.4 Å². The number of hydrogen-bond donors (Lipinski definition) is 3. The summed E-state index contributed by atoms with van der Waals surface area (Å²) in [7, 11) is 4.61. The SMILES string of the molecule is C=CC1CCC[C@H]2C(=O)O[C@H](/C(C)=C/[C@@H]3CC[C@@H](O)[C@H](OC)C3)[C@H](C)[C@@H](O)CC(=O)[C@H](CC)/C=C(\C)C[C@H](C)CC(OC)[C@H]3O[C@@](O)(C(=O)C(=O)N12)[C@H](C)C[C@@H]3OC. The van der Waals surface area contributed by atoms with Crippen molar-refractivity contribution in [3.63, 3.8) is 0 Å². The van der Waals surface area contributed by atoms with Gasteiger partial charge in [0.25, 0.3) is 11.7 Å². The second kappa shape index (κ2) is 21.1. The molecule has 1 amide bonds. The third-order valence-corrected chi connectivity index (χ3v) is 13.3. The Bertz CT molecular complexity index is 1510. The molecule has 3 fully saturated rings. The maximum Gasteiger partial charge on any atom is 0.329 e. The van der Waals surface area contributed by atoms with E-state index in [1.807, 2.05) is 39.8 Å². The van der Waals surface area contributed by atoms with Crippen LogP contribution in [0.2, 0.25) is 0 Å². The molecule has 2 bridgehead atoms. The number of carbonyl (C=O) groups excluding carboxylic acids is 4. The normalized spacial score (nSPS) is 41.8. The molecule has 58 heavy (non-hydrogen) atoms. The van der Waals surface area contributed by atoms with Crippen LogP contribution in [0.25, 0.3) is 0 Å². The summed E-state index contributed by atoms with van der Waals surface area (Å²) in [5.74, 6) is -7.80. The predicted molar refractivity (Wildman–Crippen MR) is 217 cm³/mol. The number of carbonyl (C=O) groups is 4. The Morgan fingerprint density at radius 2 is 1.59 bits per heavy atom. The van der Waals surface area contributed by atoms with Crippen LogP contribution in [0.15, 0.2) is 36.0 Å². The van der Waals surface area contributed by atoms with Gasteiger partial charge in [-0.15, -0.1) is 6.58 Å². The van der Waals surface area contributed by atoms with Crippen molar-refractivity contribution in [2.24, 2.45) is 29.6 Å². The van der Waals surface area contributed by atoms with Gasteiger partial charge < -0.3 is 43.9 Å². The molecule has 1 saturated carbocycles. The molecule has 3 aliphatic heterocycles. The molecule has 0 aromatic carbocycles. The van der Waals surface area contributed by atoms with Gasteiger partial charge in [-0.25, -0.2) is 4.79 Å². The first-order chi connectivity index (χ1) is 27.4. The maximum atomic E-state index is 14.5. The molecular weight excluding hydrogens is 746 g/mol. The molecule has 4 rings (SSSR count). The van der Waals surface area contributed by atoms with E-state index in [0.717, 1.165) is 10.5 Å². The minimum Gasteiger partial charge on any atom is -0.456 e. The van der Waals surface area contributed by atoms with E-state index >= 15 is 0 Å². The van der Waals surface area contributed by atoms with E-state index in [0.29, 0.717) is 56.9 Å². The molecular formula is C45H71NO12. The van der Waals surface area contributed by atoms with Gasteiger partial charge in [-0.2, -0.15) is 0 Å². The second-order valence-electron chi connectivity index (χ2n) is 17.6. The third kappa shape index (κ3) is 10.9. The van der Waals surface area contributed by atoms with Crippen molar-refractivity contribution in [3.05, 3.63) is 36.0 Å². The van der Waals surface area contributed by atoms with Gasteiger partial charge in [-0.1, -0.05) is 51.5 Å². The van der Waals surface area contributed by atoms with E-state index in [1.165, 1.54) is 20.3 Å². The molecule has 2 saturated heterocycles. The van der Waals surface area contributed by atoms with Crippen LogP contribution in [0.5, 0.6) is 0 Å². The van der Waals surface area contributed by atoms with E-state index in [1.54, 1.807) is 21.0 Å². The number of amides is 1. The zero-order valence-electron chi connectivity index (χ0n) is 36.3. The van der Waals surface area contributed by atoms with Crippen LogP contribution >= 0.6 is 0 Å². The topological polar surface area (TPSA) is 178 Å². The predicted octanol–water partition coefficient (Wildman–Crippen LogP) is 5.03. The molecule has 1 aliphatic carbocycles. The molecule has 0 radical (unpaired) electrons. The van der Waals surface area contributed by atoms with E-state index in [-0.39, 0.29) is 43.0 Å². The van der Waals surface area contributed by atoms with Crippen molar-refractivity contribution in [3.8, 4) is 0 Å². The fraction of sp³-hybridized carbons (Fsp3) is 0.778. The largest absolute Gasteiger partial charge is 0.456 e. The fourth-order valence-electron chi connectivity index (χ4n) is 9.74. The Morgan fingerprint density at radius 3 is 2.21 bits per heavy atom. The Morgan fingerprint density at radius 1 is 0.931 bits per heavy atom. The van der Waals surface area contributed by atoms with Gasteiger partial charge in [-0.3, -0.25) is 14.4 Å². The number of ketones is 2. The monoisotopic (exact) mass is 817 g/mol. The Hall–Kier alpha value is -2.78. The summed E-state index contributed by atoms with van der Waals surface area (Å²) < 4.78 is 29.9. The summed E-state index contributed by atoms with van der Waals surface area (Å²) in [6.07, 6.45) is 4.72. The summed E-state index contributed by atoms with van der Waals surface area (Å²) in [5, 5.41) is 34.3. The van der Waals surface area contributed by atoms with Crippen molar-refractivity contribution in [1.29, 1.82) is 0 Å². The first kappa shape index (κ1) is 47.9. The van der Waals surface area contributed by atoms with E-state index < -0.39 is 89.9 Å². The second-order valence-corrected chi connectivity index (χ2v) is 17.6. The van der Waals surface area contributed by atoms with Crippen LogP contribution in [0.3, 0.4) is 0 Å². The quantitative estimate of drug-likeness (QED) is 0.178. The van der Waals surface area contributed by atoms with Gasteiger partial charge in [0.2, 0.25) is 5.79 Å². The minimum atomic E-state index is -2.55. The first-order valence-corrected chi connectivity index (χ1v) is 21.4. The highest BCUT2D eigenvalue weighted by molar-refractivity contribution is 6.39. The van der Waals surface area contributed by atoms with Crippen LogP contribution in [-0.2, 0) is 42.9 Å². The number of hydrogen-bond acceptors (Lipinski definition) is 12. The lowest BCUT2D eigenvalue weighted by Crippen LogP contribution is -2.65. The molecule has 13 nitrogen and oxygen atoms in total. The number of methoxy groups -OCH3 is 3. The van der Waals surface area contributed by atoms with Gasteiger partial charge in [0.1, 0.15) is 24.0 Å². The number of aliphatic hydroxyl groups is 3. The van der Waals surface area contributed by atoms with Crippen LogP contribution in [0.1, 0.15) is 112 Å². The number of cyclic esters (lactones) is 1. The molecule has 15 atom stereocenters. The zero-order valence-corrected chi connectivity index (χ0v) is 36.3. The number of ether oxygens (including phenoxy) is 5. The third-order valence-electron chi connectivity index (χ3n) is 13.3. The summed E-state index contributed by atoms with van der Waals surface area (Å²) in [5.41, 5.74) is 1.63. The molecule has 4 aliphatic rings. The number of esters is 1. The molecule has 3 heterocycles. The summed E-state index contributed by atoms with van der Waals surface area (Å²) in [6, 6.07) is -1.94. The van der Waals surface area contributed by atoms with Crippen molar-refractivity contribution < 1.29 is 58.2 Å². The number of rotatable bonds is 7. The molecule has 0 aromatic heterocycles. The highest BCUT2D eigenvalue weighted by atomic mass is 16.7. The Labute approximate surface area is 345 Å². The number of allylic oxidation sites excluding steroid dienone is 3. The van der Waals surface area contributed by atoms with Crippen molar-refractivity contribution in [2.75, 3.05) is 21.3 Å². The van der Waals surface area contributed by atoms with Crippen LogP contribution in [-0.4, -0.2) is 126 Å². The number of Topliss-reactive ketones (excluding diaryl/α,β-unsaturated/α-hetero) is 2. The fourth-order valence-corrected chi connectivity index (χ4v) is 9.74. The lowest BCUT2D eigenvalue weighted by molar-refractivity contribution is -0.302. The van der Waals surface area contributed by atoms with Crippen LogP contribution < -0.4 is 0 Å². The molecule has 0 spiro atoms. The number of fused-ring (bicyclic) bond motifs is 3. The lowest BCUT2D eigenvalue weighted by atomic mass is 9.81. The van der Waals surface area contributed by atoms with Gasteiger partial charge in [0, 0.05) is 45.5 Å². The molecule has 3 N–H and O–H groups in total. The van der Waals surface area contributed by atoms with E-state index in [4.69, 9.17) is 23.7 Å². The molecule has 13 heteroatoms. The molecule has 328 valence electrons. The van der Waals surface area contributed by atoms with Crippen LogP contribution in [0, 0.1) is 29.6 Å². The Kier molecular flexibility index (Phi) is 17.5. The van der Waals surface area contributed by atoms with Gasteiger partial charge in [-0.05, 0) is 95.5 Å². The van der Waals surface area contributed by atoms with Gasteiger partial charge in [0.05, 0.1) is 36.6 Å². The van der Waals surface area contributed by atoms with Crippen molar-refractivity contribution in [1.82, 2.24) is 4.90 Å². The highest BCUT2D eigenvalue weighted by Crippen LogP contribution is 2.40. The highest BCUT2D eigenvalue weighted by Gasteiger charge is 2.57. The minimum absolute atomic E-state index is 0.0175.